The van der Waals surface area contributed by atoms with Crippen molar-refractivity contribution in [2.24, 2.45) is 0 Å². The van der Waals surface area contributed by atoms with E-state index in [2.05, 4.69) is 22.3 Å². The molecule has 6 rings (SSSR count). The summed E-state index contributed by atoms with van der Waals surface area (Å²) in [6.07, 6.45) is 0.467. The average molecular weight is 543 g/mol. The van der Waals surface area contributed by atoms with E-state index in [4.69, 9.17) is 4.74 Å². The van der Waals surface area contributed by atoms with E-state index in [0.29, 0.717) is 36.5 Å². The molecule has 0 aromatic heterocycles. The van der Waals surface area contributed by atoms with E-state index in [9.17, 15) is 14.4 Å². The number of fused-ring (bicyclic) bond motifs is 1. The summed E-state index contributed by atoms with van der Waals surface area (Å²) in [6.45, 7) is 4.39. The summed E-state index contributed by atoms with van der Waals surface area (Å²) in [5.74, 6) is -0.769. The minimum atomic E-state index is -0.713. The molecule has 3 amide bonds. The number of hydrogen-bond donors (Lipinski definition) is 1. The van der Waals surface area contributed by atoms with Gasteiger partial charge in [-0.25, -0.2) is 4.39 Å². The second-order valence-corrected chi connectivity index (χ2v) is 10.5. The van der Waals surface area contributed by atoms with Crippen LogP contribution in [0.4, 0.5) is 10.1 Å². The van der Waals surface area contributed by atoms with Crippen LogP contribution in [0.15, 0.2) is 66.7 Å². The minimum Gasteiger partial charge on any atom is -0.489 e. The normalized spacial score (nSPS) is 19.5. The summed E-state index contributed by atoms with van der Waals surface area (Å²) < 4.78 is 21.2. The predicted molar refractivity (Wildman–Crippen MR) is 147 cm³/mol. The molecule has 0 aliphatic carbocycles. The third-order valence-corrected chi connectivity index (χ3v) is 7.86. The molecule has 3 aromatic carbocycles. The van der Waals surface area contributed by atoms with Crippen LogP contribution in [0, 0.1) is 5.82 Å². The van der Waals surface area contributed by atoms with Crippen LogP contribution in [-0.4, -0.2) is 59.7 Å². The quantitative estimate of drug-likeness (QED) is 0.461. The number of halogens is 1. The Hall–Kier alpha value is -4.24. The Morgan fingerprint density at radius 2 is 1.68 bits per heavy atom. The Balaban J connectivity index is 1.06. The molecule has 206 valence electrons. The standard InChI is InChI=1S/C31H31FN4O4/c32-26-17-25-23(19-36(31(25)39)27-9-10-29(37)33-30(27)38)16-28(26)35-13-11-34(12-14-35)18-22-7-4-8-24(15-22)40-20-21-5-2-1-3-6-21/h1-8,15-17,27H,9-14,18-20H2,(H,33,37,38). The number of hydrogen-bond acceptors (Lipinski definition) is 6. The van der Waals surface area contributed by atoms with Crippen molar-refractivity contribution in [3.63, 3.8) is 0 Å². The molecule has 3 aromatic rings. The third-order valence-electron chi connectivity index (χ3n) is 7.86. The van der Waals surface area contributed by atoms with Crippen molar-refractivity contribution in [1.29, 1.82) is 0 Å². The fourth-order valence-corrected chi connectivity index (χ4v) is 5.70. The Kier molecular flexibility index (Phi) is 7.21. The topological polar surface area (TPSA) is 82.2 Å². The van der Waals surface area contributed by atoms with Gasteiger partial charge < -0.3 is 14.5 Å². The van der Waals surface area contributed by atoms with Crippen molar-refractivity contribution >= 4 is 23.4 Å². The molecule has 9 heteroatoms. The number of nitrogens with zero attached hydrogens (tertiary/aromatic N) is 3. The molecule has 2 fully saturated rings. The number of piperazine rings is 1. The number of ether oxygens (including phenoxy) is 1. The molecule has 2 saturated heterocycles. The lowest BCUT2D eigenvalue weighted by Gasteiger charge is -2.36. The molecule has 0 spiro atoms. The number of amides is 3. The van der Waals surface area contributed by atoms with Crippen LogP contribution in [0.2, 0.25) is 0 Å². The van der Waals surface area contributed by atoms with E-state index < -0.39 is 17.8 Å². The summed E-state index contributed by atoms with van der Waals surface area (Å²) in [4.78, 5) is 42.6. The summed E-state index contributed by atoms with van der Waals surface area (Å²) in [5.41, 5.74) is 3.76. The summed E-state index contributed by atoms with van der Waals surface area (Å²) in [7, 11) is 0. The van der Waals surface area contributed by atoms with Gasteiger partial charge in [0, 0.05) is 51.3 Å². The molecule has 1 N–H and O–H groups in total. The molecule has 0 saturated carbocycles. The number of nitrogens with one attached hydrogen (secondary N) is 1. The lowest BCUT2D eigenvalue weighted by atomic mass is 10.0. The Labute approximate surface area is 232 Å². The molecule has 8 nitrogen and oxygen atoms in total. The van der Waals surface area contributed by atoms with Gasteiger partial charge in [-0.3, -0.25) is 24.6 Å². The van der Waals surface area contributed by atoms with Crippen LogP contribution in [0.3, 0.4) is 0 Å². The van der Waals surface area contributed by atoms with Crippen LogP contribution in [0.5, 0.6) is 5.75 Å². The van der Waals surface area contributed by atoms with Crippen LogP contribution in [0.25, 0.3) is 0 Å². The number of piperidine rings is 1. The maximum atomic E-state index is 15.2. The third kappa shape index (κ3) is 5.42. The zero-order valence-corrected chi connectivity index (χ0v) is 22.1. The van der Waals surface area contributed by atoms with Crippen LogP contribution < -0.4 is 15.0 Å². The summed E-state index contributed by atoms with van der Waals surface area (Å²) in [6, 6.07) is 20.5. The van der Waals surface area contributed by atoms with Crippen molar-refractivity contribution in [2.75, 3.05) is 31.1 Å². The first-order valence-corrected chi connectivity index (χ1v) is 13.6. The molecule has 3 heterocycles. The average Bonchev–Trinajstić information content (AvgIpc) is 3.27. The Morgan fingerprint density at radius 3 is 2.45 bits per heavy atom. The number of carbonyl (C=O) groups excluding carboxylic acids is 3. The van der Waals surface area contributed by atoms with E-state index in [1.165, 1.54) is 11.0 Å². The molecule has 0 bridgehead atoms. The van der Waals surface area contributed by atoms with Crippen molar-refractivity contribution in [3.8, 4) is 5.75 Å². The zero-order chi connectivity index (χ0) is 27.6. The van der Waals surface area contributed by atoms with Gasteiger partial charge in [-0.2, -0.15) is 0 Å². The van der Waals surface area contributed by atoms with Crippen molar-refractivity contribution in [2.45, 2.75) is 38.6 Å². The van der Waals surface area contributed by atoms with Gasteiger partial charge >= 0.3 is 0 Å². The lowest BCUT2D eigenvalue weighted by Crippen LogP contribution is -2.52. The predicted octanol–water partition coefficient (Wildman–Crippen LogP) is 3.49. The first kappa shape index (κ1) is 26.0. The molecule has 40 heavy (non-hydrogen) atoms. The van der Waals surface area contributed by atoms with Gasteiger partial charge in [-0.1, -0.05) is 42.5 Å². The van der Waals surface area contributed by atoms with Gasteiger partial charge in [-0.15, -0.1) is 0 Å². The van der Waals surface area contributed by atoms with Crippen LogP contribution in [-0.2, 0) is 29.3 Å². The van der Waals surface area contributed by atoms with Gasteiger partial charge in [-0.05, 0) is 47.4 Å². The second-order valence-electron chi connectivity index (χ2n) is 10.5. The van der Waals surface area contributed by atoms with E-state index in [1.807, 2.05) is 47.4 Å². The highest BCUT2D eigenvalue weighted by atomic mass is 19.1. The largest absolute Gasteiger partial charge is 0.489 e. The van der Waals surface area contributed by atoms with Gasteiger partial charge in [0.2, 0.25) is 11.8 Å². The maximum Gasteiger partial charge on any atom is 0.255 e. The lowest BCUT2D eigenvalue weighted by molar-refractivity contribution is -0.136. The molecule has 3 aliphatic rings. The number of rotatable bonds is 7. The minimum absolute atomic E-state index is 0.186. The van der Waals surface area contributed by atoms with Gasteiger partial charge in [0.15, 0.2) is 0 Å². The summed E-state index contributed by atoms with van der Waals surface area (Å²) in [5, 5.41) is 2.30. The van der Waals surface area contributed by atoms with Gasteiger partial charge in [0.05, 0.1) is 5.69 Å². The molecule has 1 unspecified atom stereocenters. The smallest absolute Gasteiger partial charge is 0.255 e. The van der Waals surface area contributed by atoms with Crippen molar-refractivity contribution in [1.82, 2.24) is 15.1 Å². The van der Waals surface area contributed by atoms with Gasteiger partial charge in [0.25, 0.3) is 5.91 Å². The highest BCUT2D eigenvalue weighted by Gasteiger charge is 2.40. The van der Waals surface area contributed by atoms with E-state index >= 15 is 4.39 Å². The monoisotopic (exact) mass is 542 g/mol. The van der Waals surface area contributed by atoms with Crippen LogP contribution >= 0.6 is 0 Å². The number of benzene rings is 3. The molecule has 1 atom stereocenters. The number of carbonyl (C=O) groups is 3. The van der Waals surface area contributed by atoms with E-state index in [1.54, 1.807) is 6.07 Å². The second kappa shape index (κ2) is 11.1. The van der Waals surface area contributed by atoms with Gasteiger partial charge in [0.1, 0.15) is 24.2 Å². The molecule has 0 radical (unpaired) electrons. The first-order valence-electron chi connectivity index (χ1n) is 13.6. The fourth-order valence-electron chi connectivity index (χ4n) is 5.70. The summed E-state index contributed by atoms with van der Waals surface area (Å²) >= 11 is 0. The first-order chi connectivity index (χ1) is 19.4. The molecule has 3 aliphatic heterocycles. The van der Waals surface area contributed by atoms with Crippen molar-refractivity contribution < 1.29 is 23.5 Å². The maximum absolute atomic E-state index is 15.2. The number of anilines is 1. The SMILES string of the molecule is O=C1CCC(N2Cc3cc(N4CCN(Cc5cccc(OCc6ccccc6)c5)CC4)c(F)cc3C2=O)C(=O)N1. The highest BCUT2D eigenvalue weighted by Crippen LogP contribution is 2.33. The van der Waals surface area contributed by atoms with E-state index in [0.717, 1.165) is 36.5 Å². The Bertz CT molecular complexity index is 1440. The molecular weight excluding hydrogens is 511 g/mol. The highest BCUT2D eigenvalue weighted by molar-refractivity contribution is 6.05. The zero-order valence-electron chi connectivity index (χ0n) is 22.1. The fraction of sp³-hybridized carbons (Fsp3) is 0.323. The van der Waals surface area contributed by atoms with Crippen LogP contribution in [0.1, 0.15) is 39.9 Å². The number of imide groups is 1. The van der Waals surface area contributed by atoms with Crippen molar-refractivity contribution in [3.05, 3.63) is 94.8 Å². The Morgan fingerprint density at radius 1 is 0.900 bits per heavy atom. The molecular formula is C31H31FN4O4. The van der Waals surface area contributed by atoms with E-state index in [-0.39, 0.29) is 31.2 Å².